The lowest BCUT2D eigenvalue weighted by molar-refractivity contribution is -0.150. The minimum atomic E-state index is -0.464. The van der Waals surface area contributed by atoms with Crippen LogP contribution in [0.15, 0.2) is 53.5 Å². The Morgan fingerprint density at radius 2 is 1.73 bits per heavy atom. The SMILES string of the molecule is CN(C)C(=O)COC(=O)Cc1ccc(OC2OC2c2ccc(N=C(N)N)cc2)cc1. The number of hydrogen-bond acceptors (Lipinski definition) is 6. The summed E-state index contributed by atoms with van der Waals surface area (Å²) in [5, 5.41) is 0. The molecule has 0 spiro atoms. The van der Waals surface area contributed by atoms with Gasteiger partial charge in [0.25, 0.3) is 5.91 Å². The fraction of sp³-hybridized carbons (Fsp3) is 0.286. The molecule has 3 rings (SSSR count). The van der Waals surface area contributed by atoms with Gasteiger partial charge in [-0.1, -0.05) is 24.3 Å². The Labute approximate surface area is 174 Å². The van der Waals surface area contributed by atoms with Crippen molar-refractivity contribution in [3.8, 4) is 5.75 Å². The zero-order valence-corrected chi connectivity index (χ0v) is 16.8. The van der Waals surface area contributed by atoms with Crippen LogP contribution in [0.25, 0.3) is 0 Å². The minimum absolute atomic E-state index is 0.00499. The fourth-order valence-electron chi connectivity index (χ4n) is 2.62. The van der Waals surface area contributed by atoms with Gasteiger partial charge in [-0.25, -0.2) is 4.99 Å². The van der Waals surface area contributed by atoms with Crippen LogP contribution in [0.2, 0.25) is 0 Å². The van der Waals surface area contributed by atoms with Crippen LogP contribution in [0, 0.1) is 0 Å². The second-order valence-electron chi connectivity index (χ2n) is 6.94. The first-order valence-electron chi connectivity index (χ1n) is 9.28. The molecule has 30 heavy (non-hydrogen) atoms. The standard InChI is InChI=1S/C21H24N4O5/c1-25(2)17(26)12-28-18(27)11-13-3-9-16(10-4-13)29-20-19(30-20)14-5-7-15(8-6-14)24-21(22)23/h3-10,19-20H,11-12H2,1-2H3,(H4,22,23,24). The largest absolute Gasteiger partial charge is 0.462 e. The van der Waals surface area contributed by atoms with Crippen LogP contribution in [-0.2, 0) is 25.5 Å². The molecule has 1 amide bonds. The summed E-state index contributed by atoms with van der Waals surface area (Å²) in [4.78, 5) is 28.6. The van der Waals surface area contributed by atoms with Gasteiger partial charge >= 0.3 is 5.97 Å². The second kappa shape index (κ2) is 9.27. The monoisotopic (exact) mass is 412 g/mol. The van der Waals surface area contributed by atoms with Crippen molar-refractivity contribution in [3.05, 3.63) is 59.7 Å². The molecule has 2 atom stereocenters. The molecule has 1 aliphatic rings. The second-order valence-corrected chi connectivity index (χ2v) is 6.94. The minimum Gasteiger partial charge on any atom is -0.462 e. The maximum absolute atomic E-state index is 11.8. The number of amides is 1. The first-order chi connectivity index (χ1) is 14.3. The molecular weight excluding hydrogens is 388 g/mol. The lowest BCUT2D eigenvalue weighted by Gasteiger charge is -2.10. The van der Waals surface area contributed by atoms with Crippen molar-refractivity contribution in [3.63, 3.8) is 0 Å². The Bertz CT molecular complexity index is 921. The molecule has 1 saturated heterocycles. The molecule has 1 fully saturated rings. The van der Waals surface area contributed by atoms with E-state index in [-0.39, 0.29) is 37.3 Å². The van der Waals surface area contributed by atoms with Crippen LogP contribution in [0.4, 0.5) is 5.69 Å². The number of ether oxygens (including phenoxy) is 3. The van der Waals surface area contributed by atoms with E-state index in [4.69, 9.17) is 25.7 Å². The quantitative estimate of drug-likeness (QED) is 0.288. The van der Waals surface area contributed by atoms with Gasteiger partial charge in [0, 0.05) is 14.1 Å². The summed E-state index contributed by atoms with van der Waals surface area (Å²) >= 11 is 0. The molecule has 4 N–H and O–H groups in total. The van der Waals surface area contributed by atoms with Gasteiger partial charge in [-0.2, -0.15) is 0 Å². The summed E-state index contributed by atoms with van der Waals surface area (Å²) in [5.74, 6) is -0.101. The number of esters is 1. The van der Waals surface area contributed by atoms with Gasteiger partial charge in [-0.05, 0) is 35.4 Å². The number of guanidine groups is 1. The van der Waals surface area contributed by atoms with Crippen LogP contribution < -0.4 is 16.2 Å². The normalized spacial score (nSPS) is 17.0. The highest BCUT2D eigenvalue weighted by atomic mass is 16.8. The number of aliphatic imine (C=N–C) groups is 1. The van der Waals surface area contributed by atoms with Gasteiger partial charge in [-0.15, -0.1) is 0 Å². The van der Waals surface area contributed by atoms with Gasteiger partial charge < -0.3 is 30.6 Å². The lowest BCUT2D eigenvalue weighted by atomic mass is 10.1. The third kappa shape index (κ3) is 5.95. The van der Waals surface area contributed by atoms with E-state index in [0.29, 0.717) is 11.4 Å². The molecule has 0 saturated carbocycles. The molecule has 1 heterocycles. The highest BCUT2D eigenvalue weighted by molar-refractivity contribution is 5.81. The number of hydrogen-bond donors (Lipinski definition) is 2. The van der Waals surface area contributed by atoms with Crippen LogP contribution >= 0.6 is 0 Å². The molecule has 1 aliphatic heterocycles. The van der Waals surface area contributed by atoms with Gasteiger partial charge in [0.15, 0.2) is 12.6 Å². The molecule has 9 heteroatoms. The highest BCUT2D eigenvalue weighted by Crippen LogP contribution is 2.40. The number of rotatable bonds is 8. The molecule has 9 nitrogen and oxygen atoms in total. The van der Waals surface area contributed by atoms with Crippen LogP contribution in [-0.4, -0.2) is 49.7 Å². The summed E-state index contributed by atoms with van der Waals surface area (Å²) in [6.07, 6.45) is -0.472. The highest BCUT2D eigenvalue weighted by Gasteiger charge is 2.42. The molecule has 2 unspecified atom stereocenters. The molecular formula is C21H24N4O5. The van der Waals surface area contributed by atoms with E-state index in [0.717, 1.165) is 11.1 Å². The number of carbonyl (C=O) groups excluding carboxylic acids is 2. The van der Waals surface area contributed by atoms with E-state index in [9.17, 15) is 9.59 Å². The predicted octanol–water partition coefficient (Wildman–Crippen LogP) is 1.24. The van der Waals surface area contributed by atoms with Crippen molar-refractivity contribution in [1.82, 2.24) is 4.90 Å². The van der Waals surface area contributed by atoms with E-state index in [2.05, 4.69) is 4.99 Å². The van der Waals surface area contributed by atoms with E-state index in [1.54, 1.807) is 50.5 Å². The first kappa shape index (κ1) is 21.1. The Morgan fingerprint density at radius 3 is 2.33 bits per heavy atom. The zero-order chi connectivity index (χ0) is 21.7. The average Bonchev–Trinajstić information content (AvgIpc) is 3.46. The molecule has 0 aromatic heterocycles. The van der Waals surface area contributed by atoms with E-state index >= 15 is 0 Å². The number of epoxide rings is 1. The summed E-state index contributed by atoms with van der Waals surface area (Å²) in [6, 6.07) is 14.4. The third-order valence-electron chi connectivity index (χ3n) is 4.31. The summed E-state index contributed by atoms with van der Waals surface area (Å²) in [7, 11) is 3.20. The van der Waals surface area contributed by atoms with Gasteiger partial charge in [0.2, 0.25) is 6.29 Å². The Morgan fingerprint density at radius 1 is 1.07 bits per heavy atom. The van der Waals surface area contributed by atoms with E-state index in [1.165, 1.54) is 4.90 Å². The summed E-state index contributed by atoms with van der Waals surface area (Å²) in [5.41, 5.74) is 13.1. The third-order valence-corrected chi connectivity index (χ3v) is 4.31. The summed E-state index contributed by atoms with van der Waals surface area (Å²) < 4.78 is 16.3. The molecule has 0 bridgehead atoms. The Kier molecular flexibility index (Phi) is 6.53. The van der Waals surface area contributed by atoms with Crippen LogP contribution in [0.5, 0.6) is 5.75 Å². The Hall–Kier alpha value is -3.59. The summed E-state index contributed by atoms with van der Waals surface area (Å²) in [6.45, 7) is -0.264. The van der Waals surface area contributed by atoms with Crippen molar-refractivity contribution < 1.29 is 23.8 Å². The van der Waals surface area contributed by atoms with E-state index in [1.807, 2.05) is 12.1 Å². The Balaban J connectivity index is 1.47. The number of nitrogens with zero attached hydrogens (tertiary/aromatic N) is 2. The number of benzene rings is 2. The van der Waals surface area contributed by atoms with E-state index < -0.39 is 5.97 Å². The topological polar surface area (TPSA) is 133 Å². The van der Waals surface area contributed by atoms with Crippen molar-refractivity contribution in [2.24, 2.45) is 16.5 Å². The fourth-order valence-corrected chi connectivity index (χ4v) is 2.62. The molecule has 158 valence electrons. The lowest BCUT2D eigenvalue weighted by Crippen LogP contribution is -2.27. The maximum Gasteiger partial charge on any atom is 0.310 e. The molecule has 0 aliphatic carbocycles. The van der Waals surface area contributed by atoms with Gasteiger partial charge in [-0.3, -0.25) is 9.59 Å². The molecule has 0 radical (unpaired) electrons. The average molecular weight is 412 g/mol. The number of likely N-dealkylation sites (N-methyl/N-ethyl adjacent to an activating group) is 1. The van der Waals surface area contributed by atoms with Gasteiger partial charge in [0.05, 0.1) is 12.1 Å². The van der Waals surface area contributed by atoms with Crippen molar-refractivity contribution >= 4 is 23.5 Å². The number of nitrogens with two attached hydrogens (primary N) is 2. The predicted molar refractivity (Wildman–Crippen MR) is 110 cm³/mol. The van der Waals surface area contributed by atoms with Crippen LogP contribution in [0.1, 0.15) is 17.2 Å². The molecule has 2 aromatic rings. The smallest absolute Gasteiger partial charge is 0.310 e. The van der Waals surface area contributed by atoms with Crippen molar-refractivity contribution in [2.45, 2.75) is 18.8 Å². The van der Waals surface area contributed by atoms with Gasteiger partial charge in [0.1, 0.15) is 11.9 Å². The first-order valence-corrected chi connectivity index (χ1v) is 9.28. The van der Waals surface area contributed by atoms with Crippen molar-refractivity contribution in [2.75, 3.05) is 20.7 Å². The van der Waals surface area contributed by atoms with Crippen molar-refractivity contribution in [1.29, 1.82) is 0 Å². The number of carbonyl (C=O) groups is 2. The maximum atomic E-state index is 11.8. The molecule has 2 aromatic carbocycles. The van der Waals surface area contributed by atoms with Crippen LogP contribution in [0.3, 0.4) is 0 Å². The zero-order valence-electron chi connectivity index (χ0n) is 16.8.